The average molecular weight is 338 g/mol. The molecule has 0 aliphatic rings. The first kappa shape index (κ1) is 22.4. The van der Waals surface area contributed by atoms with Gasteiger partial charge in [0.2, 0.25) is 0 Å². The van der Waals surface area contributed by atoms with E-state index in [1.54, 1.807) is 0 Å². The second kappa shape index (κ2) is 16.3. The number of rotatable bonds is 17. The largest absolute Gasteiger partial charge is 0.481 e. The van der Waals surface area contributed by atoms with Crippen LogP contribution in [0, 0.1) is 5.92 Å². The van der Waals surface area contributed by atoms with E-state index < -0.39 is 11.9 Å². The maximum Gasteiger partial charge on any atom is 0.303 e. The molecule has 0 aromatic rings. The molecule has 0 radical (unpaired) electrons. The minimum atomic E-state index is -0.706. The molecule has 0 saturated heterocycles. The molecule has 0 spiro atoms. The summed E-state index contributed by atoms with van der Waals surface area (Å²) in [6, 6.07) is 0. The van der Waals surface area contributed by atoms with Gasteiger partial charge < -0.3 is 10.2 Å². The Morgan fingerprint density at radius 2 is 1.29 bits per heavy atom. The molecule has 0 heterocycles. The highest BCUT2D eigenvalue weighted by molar-refractivity contribution is 5.66. The summed E-state index contributed by atoms with van der Waals surface area (Å²) in [5.41, 5.74) is 0. The van der Waals surface area contributed by atoms with Crippen molar-refractivity contribution in [3.63, 3.8) is 0 Å². The Hall–Kier alpha value is -1.58. The van der Waals surface area contributed by atoms with Crippen LogP contribution in [0.4, 0.5) is 0 Å². The first-order valence-corrected chi connectivity index (χ1v) is 9.27. The highest BCUT2D eigenvalue weighted by atomic mass is 16.4. The Labute approximate surface area is 146 Å². The van der Waals surface area contributed by atoms with E-state index in [2.05, 4.69) is 18.7 Å². The predicted molar refractivity (Wildman–Crippen MR) is 98.1 cm³/mol. The third-order valence-corrected chi connectivity index (χ3v) is 4.18. The minimum absolute atomic E-state index is 0.276. The molecule has 0 fully saturated rings. The molecule has 1 atom stereocenters. The van der Waals surface area contributed by atoms with Gasteiger partial charge in [-0.1, -0.05) is 43.9 Å². The molecule has 0 aromatic heterocycles. The summed E-state index contributed by atoms with van der Waals surface area (Å²) in [5.74, 6) is -0.883. The number of hydrogen-bond acceptors (Lipinski definition) is 2. The van der Waals surface area contributed by atoms with Gasteiger partial charge in [-0.3, -0.25) is 9.59 Å². The molecule has 2 N–H and O–H groups in total. The second-order valence-electron chi connectivity index (χ2n) is 6.38. The van der Waals surface area contributed by atoms with Crippen molar-refractivity contribution < 1.29 is 19.8 Å². The lowest BCUT2D eigenvalue weighted by Crippen LogP contribution is -1.97. The molecule has 0 rings (SSSR count). The summed E-state index contributed by atoms with van der Waals surface area (Å²) in [4.78, 5) is 20.8. The van der Waals surface area contributed by atoms with Gasteiger partial charge in [0.15, 0.2) is 0 Å². The monoisotopic (exact) mass is 338 g/mol. The molecular weight excluding hydrogens is 304 g/mol. The lowest BCUT2D eigenvalue weighted by Gasteiger charge is -2.10. The van der Waals surface area contributed by atoms with E-state index >= 15 is 0 Å². The molecule has 0 aromatic carbocycles. The topological polar surface area (TPSA) is 74.6 Å². The van der Waals surface area contributed by atoms with Crippen molar-refractivity contribution in [1.29, 1.82) is 0 Å². The summed E-state index contributed by atoms with van der Waals surface area (Å²) >= 11 is 0. The van der Waals surface area contributed by atoms with Crippen LogP contribution in [0.15, 0.2) is 24.8 Å². The molecule has 0 bridgehead atoms. The van der Waals surface area contributed by atoms with E-state index in [4.69, 9.17) is 10.2 Å². The summed E-state index contributed by atoms with van der Waals surface area (Å²) in [6.45, 7) is 3.90. The predicted octanol–water partition coefficient (Wildman–Crippen LogP) is 5.59. The summed E-state index contributed by atoms with van der Waals surface area (Å²) < 4.78 is 0. The smallest absolute Gasteiger partial charge is 0.303 e. The Kier molecular flexibility index (Phi) is 15.2. The van der Waals surface area contributed by atoms with Crippen molar-refractivity contribution in [1.82, 2.24) is 0 Å². The van der Waals surface area contributed by atoms with E-state index in [-0.39, 0.29) is 12.8 Å². The fraction of sp³-hybridized carbons (Fsp3) is 0.700. The van der Waals surface area contributed by atoms with Crippen LogP contribution in [0.3, 0.4) is 0 Å². The lowest BCUT2D eigenvalue weighted by molar-refractivity contribution is -0.138. The van der Waals surface area contributed by atoms with Gasteiger partial charge in [0.05, 0.1) is 0 Å². The summed E-state index contributed by atoms with van der Waals surface area (Å²) in [6.07, 6.45) is 18.2. The fourth-order valence-corrected chi connectivity index (χ4v) is 2.68. The number of unbranched alkanes of at least 4 members (excludes halogenated alkanes) is 6. The number of aliphatic carboxylic acids is 2. The van der Waals surface area contributed by atoms with Gasteiger partial charge in [0.1, 0.15) is 0 Å². The quantitative estimate of drug-likeness (QED) is 0.268. The van der Waals surface area contributed by atoms with Crippen LogP contribution in [-0.4, -0.2) is 22.2 Å². The van der Waals surface area contributed by atoms with Gasteiger partial charge in [-0.25, -0.2) is 0 Å². The van der Waals surface area contributed by atoms with Gasteiger partial charge in [0, 0.05) is 12.8 Å². The van der Waals surface area contributed by atoms with Gasteiger partial charge in [-0.2, -0.15) is 0 Å². The van der Waals surface area contributed by atoms with Gasteiger partial charge in [0.25, 0.3) is 0 Å². The number of carbonyl (C=O) groups is 2. The first-order chi connectivity index (χ1) is 11.6. The van der Waals surface area contributed by atoms with Crippen LogP contribution in [-0.2, 0) is 9.59 Å². The minimum Gasteiger partial charge on any atom is -0.481 e. The zero-order chi connectivity index (χ0) is 18.0. The highest BCUT2D eigenvalue weighted by Gasteiger charge is 2.03. The second-order valence-corrected chi connectivity index (χ2v) is 6.38. The molecule has 138 valence electrons. The molecule has 0 amide bonds. The number of carboxylic acid groups (broad SMARTS) is 2. The van der Waals surface area contributed by atoms with E-state index in [0.29, 0.717) is 5.92 Å². The molecule has 24 heavy (non-hydrogen) atoms. The van der Waals surface area contributed by atoms with Crippen LogP contribution in [0.5, 0.6) is 0 Å². The Bertz CT molecular complexity index is 374. The molecular formula is C20H34O4. The maximum absolute atomic E-state index is 10.4. The normalized spacial score (nSPS) is 12.3. The van der Waals surface area contributed by atoms with Gasteiger partial charge in [-0.05, 0) is 50.9 Å². The molecule has 4 heteroatoms. The van der Waals surface area contributed by atoms with Crippen molar-refractivity contribution in [3.05, 3.63) is 24.8 Å². The fourth-order valence-electron chi connectivity index (χ4n) is 2.68. The van der Waals surface area contributed by atoms with Crippen molar-refractivity contribution in [2.75, 3.05) is 0 Å². The van der Waals surface area contributed by atoms with E-state index in [0.717, 1.165) is 70.6 Å². The average Bonchev–Trinajstić information content (AvgIpc) is 2.53. The van der Waals surface area contributed by atoms with Crippen LogP contribution in [0.1, 0.15) is 83.5 Å². The molecule has 0 saturated carbocycles. The molecule has 0 aliphatic carbocycles. The molecule has 1 unspecified atom stereocenters. The van der Waals surface area contributed by atoms with Gasteiger partial charge in [-0.15, -0.1) is 6.58 Å². The molecule has 4 nitrogen and oxygen atoms in total. The van der Waals surface area contributed by atoms with E-state index in [9.17, 15) is 9.59 Å². The van der Waals surface area contributed by atoms with Crippen molar-refractivity contribution in [2.24, 2.45) is 5.92 Å². The third-order valence-electron chi connectivity index (χ3n) is 4.18. The van der Waals surface area contributed by atoms with Crippen molar-refractivity contribution >= 4 is 11.9 Å². The number of hydrogen-bond donors (Lipinski definition) is 2. The van der Waals surface area contributed by atoms with Crippen LogP contribution >= 0.6 is 0 Å². The third kappa shape index (κ3) is 16.8. The maximum atomic E-state index is 10.4. The number of allylic oxidation sites excluding steroid dienone is 3. The number of carboxylic acids is 2. The molecule has 0 aliphatic heterocycles. The standard InChI is InChI=1S/C20H34O4/c1-2-18(15-11-9-13-17-20(23)24)14-10-7-5-3-4-6-8-12-16-19(21)22/h2,5,7,18H,1,3-4,6,8-17H2,(H,21,22)(H,23,24)/b7-5+. The van der Waals surface area contributed by atoms with Crippen LogP contribution < -0.4 is 0 Å². The van der Waals surface area contributed by atoms with E-state index in [1.165, 1.54) is 0 Å². The Morgan fingerprint density at radius 3 is 1.88 bits per heavy atom. The van der Waals surface area contributed by atoms with E-state index in [1.807, 2.05) is 6.08 Å². The lowest BCUT2D eigenvalue weighted by atomic mass is 9.96. The van der Waals surface area contributed by atoms with Crippen molar-refractivity contribution in [2.45, 2.75) is 83.5 Å². The zero-order valence-electron chi connectivity index (χ0n) is 14.9. The van der Waals surface area contributed by atoms with Gasteiger partial charge >= 0.3 is 11.9 Å². The highest BCUT2D eigenvalue weighted by Crippen LogP contribution is 2.17. The van der Waals surface area contributed by atoms with Crippen LogP contribution in [0.25, 0.3) is 0 Å². The summed E-state index contributed by atoms with van der Waals surface area (Å²) in [5, 5.41) is 17.1. The van der Waals surface area contributed by atoms with Crippen molar-refractivity contribution in [3.8, 4) is 0 Å². The summed E-state index contributed by atoms with van der Waals surface area (Å²) in [7, 11) is 0. The van der Waals surface area contributed by atoms with Crippen LogP contribution in [0.2, 0.25) is 0 Å². The first-order valence-electron chi connectivity index (χ1n) is 9.27. The Morgan fingerprint density at radius 1 is 0.750 bits per heavy atom. The zero-order valence-corrected chi connectivity index (χ0v) is 14.9. The SMILES string of the molecule is C=CC(CC/C=C/CCCCCCC(=O)O)CCCCCC(=O)O. The Balaban J connectivity index is 3.49.